The first kappa shape index (κ1) is 28.5. The van der Waals surface area contributed by atoms with Crippen molar-refractivity contribution < 1.29 is 19.1 Å². The van der Waals surface area contributed by atoms with Crippen LogP contribution in [-0.4, -0.2) is 69.4 Å². The van der Waals surface area contributed by atoms with Crippen molar-refractivity contribution in [2.75, 3.05) is 32.7 Å². The molecule has 2 aliphatic carbocycles. The van der Waals surface area contributed by atoms with Crippen LogP contribution in [0.15, 0.2) is 40.1 Å². The van der Waals surface area contributed by atoms with Crippen LogP contribution in [-0.2, 0) is 4.79 Å². The lowest BCUT2D eigenvalue weighted by atomic mass is 9.90. The maximum Gasteiger partial charge on any atom is 0.330 e. The quantitative estimate of drug-likeness (QED) is 0.276. The smallest absolute Gasteiger partial charge is 0.330 e. The molecule has 4 rings (SSSR count). The monoisotopic (exact) mass is 556 g/mol. The van der Waals surface area contributed by atoms with E-state index in [1.807, 2.05) is 6.92 Å². The minimum atomic E-state index is -0.264. The molecule has 39 heavy (non-hydrogen) atoms. The molecule has 2 N–H and O–H groups in total. The Morgan fingerprint density at radius 1 is 1.18 bits per heavy atom. The molecule has 10 nitrogen and oxygen atoms in total. The Kier molecular flexibility index (Phi) is 8.84. The summed E-state index contributed by atoms with van der Waals surface area (Å²) < 4.78 is 11.2. The van der Waals surface area contributed by atoms with Gasteiger partial charge in [-0.25, -0.2) is 14.8 Å². The average Bonchev–Trinajstić information content (AvgIpc) is 3.78. The molecule has 210 valence electrons. The van der Waals surface area contributed by atoms with Crippen molar-refractivity contribution in [1.29, 1.82) is 0 Å². The number of nitrogens with one attached hydrogen (secondary N) is 2. The zero-order valence-corrected chi connectivity index (χ0v) is 23.8. The fraction of sp³-hybridized carbons (Fsp3) is 0.500. The molecule has 0 bridgehead atoms. The van der Waals surface area contributed by atoms with Gasteiger partial charge in [0, 0.05) is 18.7 Å². The van der Waals surface area contributed by atoms with Gasteiger partial charge in [0.25, 0.3) is 0 Å². The number of urea groups is 1. The first-order valence-electron chi connectivity index (χ1n) is 13.2. The van der Waals surface area contributed by atoms with Crippen molar-refractivity contribution in [3.05, 3.63) is 40.7 Å². The van der Waals surface area contributed by atoms with Gasteiger partial charge in [0.2, 0.25) is 11.9 Å². The summed E-state index contributed by atoms with van der Waals surface area (Å²) in [6.07, 6.45) is 6.92. The lowest BCUT2D eigenvalue weighted by molar-refractivity contribution is -0.117. The zero-order valence-electron chi connectivity index (χ0n) is 23.1. The van der Waals surface area contributed by atoms with E-state index < -0.39 is 0 Å². The largest absolute Gasteiger partial charge is 0.496 e. The van der Waals surface area contributed by atoms with Crippen LogP contribution in [0.1, 0.15) is 56.9 Å². The van der Waals surface area contributed by atoms with Crippen molar-refractivity contribution >= 4 is 41.9 Å². The van der Waals surface area contributed by atoms with Crippen LogP contribution in [0.3, 0.4) is 0 Å². The number of carbonyl (C=O) groups excluding carboxylic acids is 2. The molecule has 2 fully saturated rings. The zero-order chi connectivity index (χ0) is 28.3. The van der Waals surface area contributed by atoms with Gasteiger partial charge < -0.3 is 20.1 Å². The number of guanidine groups is 1. The van der Waals surface area contributed by atoms with E-state index in [4.69, 9.17) is 26.1 Å². The van der Waals surface area contributed by atoms with Gasteiger partial charge in [-0.15, -0.1) is 0 Å². The van der Waals surface area contributed by atoms with Crippen LogP contribution in [0.25, 0.3) is 0 Å². The number of hydrogen-bond donors (Lipinski definition) is 2. The maximum absolute atomic E-state index is 13.8. The molecule has 11 heteroatoms. The lowest BCUT2D eigenvalue weighted by Gasteiger charge is -2.38. The number of carbonyl (C=O) groups is 2. The second-order valence-electron chi connectivity index (χ2n) is 10.1. The minimum absolute atomic E-state index is 0.120. The molecule has 1 aromatic carbocycles. The van der Waals surface area contributed by atoms with Gasteiger partial charge in [0.05, 0.1) is 38.5 Å². The van der Waals surface area contributed by atoms with Gasteiger partial charge in [-0.1, -0.05) is 31.0 Å². The van der Waals surface area contributed by atoms with Gasteiger partial charge in [0.1, 0.15) is 22.3 Å². The number of amides is 3. The van der Waals surface area contributed by atoms with E-state index >= 15 is 0 Å². The molecule has 2 saturated carbocycles. The summed E-state index contributed by atoms with van der Waals surface area (Å²) in [6, 6.07) is 1.23. The van der Waals surface area contributed by atoms with Crippen LogP contribution in [0.2, 0.25) is 5.02 Å². The Labute approximate surface area is 234 Å². The highest BCUT2D eigenvalue weighted by Gasteiger charge is 2.39. The second-order valence-corrected chi connectivity index (χ2v) is 10.5. The molecule has 3 amide bonds. The number of halogens is 1. The summed E-state index contributed by atoms with van der Waals surface area (Å²) in [6.45, 7) is 9.46. The number of anilines is 1. The standard InChI is InChI=1S/C28H37ClN6O4/c1-7-22(36)31-18-10-8-9-11-19(18)32-27(30-3)33-26-16(2)15-35(28(37)34(26)4)25-23(17-12-13-17)20(38-5)14-21(39-6)24(25)29/h7,14,17-19H,1,3,8-13,15H2,2,4-6H3,(H,31,36)(H,32,33)/t18-,19+/m0/s1. The predicted molar refractivity (Wildman–Crippen MR) is 154 cm³/mol. The molecule has 1 aliphatic heterocycles. The fourth-order valence-electron chi connectivity index (χ4n) is 5.32. The van der Waals surface area contributed by atoms with Crippen LogP contribution >= 0.6 is 11.6 Å². The number of aliphatic imine (C=N–C) groups is 2. The minimum Gasteiger partial charge on any atom is -0.496 e. The Balaban J connectivity index is 1.65. The summed E-state index contributed by atoms with van der Waals surface area (Å²) in [4.78, 5) is 37.8. The average molecular weight is 557 g/mol. The maximum atomic E-state index is 13.8. The van der Waals surface area contributed by atoms with Crippen molar-refractivity contribution in [2.24, 2.45) is 9.98 Å². The number of rotatable bonds is 8. The number of hydrogen-bond acceptors (Lipinski definition) is 5. The molecule has 0 saturated heterocycles. The Bertz CT molecular complexity index is 1220. The van der Waals surface area contributed by atoms with Gasteiger partial charge in [-0.05, 0) is 56.9 Å². The SMILES string of the molecule is C=CC(=O)N[C@H]1CCCC[C@H]1N=C(N=C)NC1=C(C)CN(c2c(Cl)c(OC)cc(OC)c2C2CC2)C(=O)N1C. The van der Waals surface area contributed by atoms with E-state index in [0.717, 1.165) is 49.7 Å². The van der Waals surface area contributed by atoms with E-state index in [2.05, 4.69) is 28.9 Å². The van der Waals surface area contributed by atoms with Gasteiger partial charge >= 0.3 is 6.03 Å². The highest BCUT2D eigenvalue weighted by atomic mass is 35.5. The number of ether oxygens (including phenoxy) is 2. The second kappa shape index (κ2) is 12.1. The molecule has 2 atom stereocenters. The molecule has 0 unspecified atom stereocenters. The lowest BCUT2D eigenvalue weighted by Crippen LogP contribution is -2.51. The summed E-state index contributed by atoms with van der Waals surface area (Å²) in [7, 11) is 4.84. The van der Waals surface area contributed by atoms with Crippen molar-refractivity contribution in [2.45, 2.75) is 63.5 Å². The van der Waals surface area contributed by atoms with Gasteiger partial charge in [0.15, 0.2) is 0 Å². The highest BCUT2D eigenvalue weighted by Crippen LogP contribution is 2.54. The van der Waals surface area contributed by atoms with Crippen LogP contribution in [0.4, 0.5) is 10.5 Å². The van der Waals surface area contributed by atoms with Crippen LogP contribution in [0, 0.1) is 0 Å². The topological polar surface area (TPSA) is 108 Å². The fourth-order valence-corrected chi connectivity index (χ4v) is 5.65. The van der Waals surface area contributed by atoms with Crippen LogP contribution < -0.4 is 25.0 Å². The Morgan fingerprint density at radius 3 is 2.49 bits per heavy atom. The third-order valence-electron chi connectivity index (χ3n) is 7.47. The molecule has 1 heterocycles. The Hall–Kier alpha value is -3.53. The highest BCUT2D eigenvalue weighted by molar-refractivity contribution is 6.35. The van der Waals surface area contributed by atoms with Gasteiger partial charge in [-0.2, -0.15) is 0 Å². The molecular weight excluding hydrogens is 520 g/mol. The predicted octanol–water partition coefficient (Wildman–Crippen LogP) is 4.60. The number of nitrogens with zero attached hydrogens (tertiary/aromatic N) is 4. The third-order valence-corrected chi connectivity index (χ3v) is 7.83. The van der Waals surface area contributed by atoms with Crippen molar-refractivity contribution in [1.82, 2.24) is 15.5 Å². The van der Waals surface area contributed by atoms with E-state index in [1.54, 1.807) is 32.2 Å². The summed E-state index contributed by atoms with van der Waals surface area (Å²) in [5, 5.41) is 6.57. The van der Waals surface area contributed by atoms with Gasteiger partial charge in [-0.3, -0.25) is 14.6 Å². The third kappa shape index (κ3) is 5.90. The molecule has 3 aliphatic rings. The number of benzene rings is 1. The van der Waals surface area contributed by atoms with Crippen molar-refractivity contribution in [3.63, 3.8) is 0 Å². The van der Waals surface area contributed by atoms with Crippen LogP contribution in [0.5, 0.6) is 11.5 Å². The summed E-state index contributed by atoms with van der Waals surface area (Å²) >= 11 is 6.82. The molecule has 0 aromatic heterocycles. The Morgan fingerprint density at radius 2 is 1.87 bits per heavy atom. The number of methoxy groups -OCH3 is 2. The normalized spacial score (nSPS) is 22.0. The molecule has 0 spiro atoms. The first-order chi connectivity index (χ1) is 18.7. The van der Waals surface area contributed by atoms with E-state index in [1.165, 1.54) is 11.0 Å². The van der Waals surface area contributed by atoms with E-state index in [0.29, 0.717) is 40.5 Å². The molecule has 1 aromatic rings. The molecular formula is C28H37ClN6O4. The summed E-state index contributed by atoms with van der Waals surface area (Å²) in [5.41, 5.74) is 2.42. The van der Waals surface area contributed by atoms with Crippen molar-refractivity contribution in [3.8, 4) is 11.5 Å². The summed E-state index contributed by atoms with van der Waals surface area (Å²) in [5.74, 6) is 2.02. The molecule has 0 radical (unpaired) electrons. The van der Waals surface area contributed by atoms with E-state index in [-0.39, 0.29) is 29.9 Å². The first-order valence-corrected chi connectivity index (χ1v) is 13.6. The van der Waals surface area contributed by atoms with E-state index in [9.17, 15) is 9.59 Å².